The molecule has 1 aromatic heterocycles. The number of nitrogen functional groups attached to an aromatic ring is 4. The van der Waals surface area contributed by atoms with Crippen molar-refractivity contribution < 1.29 is 57.1 Å². The molecular formula is C32H20F12N4O. The Bertz CT molecular complexity index is 2130. The van der Waals surface area contributed by atoms with E-state index in [0.717, 1.165) is 6.07 Å². The van der Waals surface area contributed by atoms with Gasteiger partial charge < -0.3 is 27.4 Å². The molecule has 17 heteroatoms. The summed E-state index contributed by atoms with van der Waals surface area (Å²) < 4.78 is 170. The number of allylic oxidation sites excluding steroid dienone is 4. The van der Waals surface area contributed by atoms with E-state index in [-0.39, 0.29) is 22.5 Å². The van der Waals surface area contributed by atoms with E-state index in [4.69, 9.17) is 22.9 Å². The third-order valence-electron chi connectivity index (χ3n) is 7.85. The van der Waals surface area contributed by atoms with Gasteiger partial charge in [0.2, 0.25) is 5.82 Å². The van der Waals surface area contributed by atoms with Gasteiger partial charge in [-0.1, -0.05) is 30.3 Å². The maximum Gasteiger partial charge on any atom is 0.416 e. The Morgan fingerprint density at radius 2 is 1.14 bits per heavy atom. The Labute approximate surface area is 267 Å². The van der Waals surface area contributed by atoms with Crippen LogP contribution < -0.4 is 22.9 Å². The maximum absolute atomic E-state index is 14.5. The van der Waals surface area contributed by atoms with E-state index < -0.39 is 104 Å². The molecule has 4 aromatic carbocycles. The largest absolute Gasteiger partial charge is 0.449 e. The Morgan fingerprint density at radius 1 is 0.612 bits per heavy atom. The number of furan rings is 1. The number of hydrogen-bond donors (Lipinski definition) is 4. The van der Waals surface area contributed by atoms with Crippen LogP contribution in [0.25, 0.3) is 27.5 Å². The average Bonchev–Trinajstić information content (AvgIpc) is 3.45. The van der Waals surface area contributed by atoms with Crippen LogP contribution in [-0.2, 0) is 5.41 Å². The lowest BCUT2D eigenvalue weighted by Gasteiger charge is -2.40. The lowest BCUT2D eigenvalue weighted by atomic mass is 9.65. The second-order valence-electron chi connectivity index (χ2n) is 10.8. The first-order valence-corrected chi connectivity index (χ1v) is 13.6. The van der Waals surface area contributed by atoms with Crippen molar-refractivity contribution in [3.8, 4) is 0 Å². The van der Waals surface area contributed by atoms with Crippen molar-refractivity contribution in [3.05, 3.63) is 112 Å². The van der Waals surface area contributed by atoms with Crippen LogP contribution in [0.1, 0.15) is 17.5 Å². The fourth-order valence-electron chi connectivity index (χ4n) is 5.51. The number of hydrogen-bond acceptors (Lipinski definition) is 5. The van der Waals surface area contributed by atoms with Crippen LogP contribution in [0.4, 0.5) is 75.4 Å². The van der Waals surface area contributed by atoms with Crippen molar-refractivity contribution in [2.75, 3.05) is 22.9 Å². The van der Waals surface area contributed by atoms with Gasteiger partial charge in [0, 0.05) is 11.4 Å². The standard InChI is InChI=1S/C20H16F6N2.C12H4F6N2O/c21-19(22,23)14-7-8-18(20(24,25)26,13-4-2-6-16(28)10-13)17(11-14)12-3-1-5-15(27)9-12;13-3-1-2-4(14)9(19)6(16)7(17)11(2)21-12(1)8(18)10(20)5(3)15/h1-7,9-11H,8,27-28H2;19-20H2. The van der Waals surface area contributed by atoms with Gasteiger partial charge in [-0.05, 0) is 53.5 Å². The van der Waals surface area contributed by atoms with Crippen molar-refractivity contribution in [1.29, 1.82) is 0 Å². The highest BCUT2D eigenvalue weighted by Gasteiger charge is 2.59. The Hall–Kier alpha value is -5.48. The number of anilines is 4. The second kappa shape index (κ2) is 11.9. The van der Waals surface area contributed by atoms with Gasteiger partial charge in [0.25, 0.3) is 0 Å². The normalized spacial score (nSPS) is 16.7. The SMILES string of the molecule is Nc1c(F)c(F)c2c(oc3c(F)c(F)c(N)c(F)c32)c1F.Nc1cccc(C2=CC(C(F)(F)F)=CCC2(c2cccc(N)c2)C(F)(F)F)c1. The van der Waals surface area contributed by atoms with Crippen LogP contribution in [0.5, 0.6) is 0 Å². The highest BCUT2D eigenvalue weighted by Crippen LogP contribution is 2.56. The summed E-state index contributed by atoms with van der Waals surface area (Å²) in [6.07, 6.45) is -9.44. The minimum Gasteiger partial charge on any atom is -0.449 e. The average molecular weight is 705 g/mol. The smallest absolute Gasteiger partial charge is 0.416 e. The van der Waals surface area contributed by atoms with E-state index in [1.807, 2.05) is 0 Å². The number of benzene rings is 4. The van der Waals surface area contributed by atoms with E-state index in [2.05, 4.69) is 4.42 Å². The molecule has 5 nitrogen and oxygen atoms in total. The summed E-state index contributed by atoms with van der Waals surface area (Å²) in [5.41, 5.74) is 12.3. The Morgan fingerprint density at radius 3 is 1.71 bits per heavy atom. The van der Waals surface area contributed by atoms with E-state index in [0.29, 0.717) is 12.2 Å². The molecule has 5 aromatic rings. The molecule has 1 aliphatic carbocycles. The van der Waals surface area contributed by atoms with Gasteiger partial charge in [-0.15, -0.1) is 0 Å². The molecule has 0 saturated carbocycles. The van der Waals surface area contributed by atoms with Gasteiger partial charge in [0.05, 0.1) is 16.3 Å². The topological polar surface area (TPSA) is 117 Å². The number of nitrogens with two attached hydrogens (primary N) is 4. The fraction of sp³-hybridized carbons (Fsp3) is 0.125. The van der Waals surface area contributed by atoms with Crippen LogP contribution in [0.2, 0.25) is 0 Å². The first-order valence-electron chi connectivity index (χ1n) is 13.6. The molecule has 1 heterocycles. The lowest BCUT2D eigenvalue weighted by molar-refractivity contribution is -0.172. The quantitative estimate of drug-likeness (QED) is 0.0831. The zero-order valence-electron chi connectivity index (χ0n) is 24.2. The van der Waals surface area contributed by atoms with Gasteiger partial charge >= 0.3 is 12.4 Å². The highest BCUT2D eigenvalue weighted by atomic mass is 19.4. The molecule has 0 bridgehead atoms. The zero-order valence-corrected chi connectivity index (χ0v) is 24.2. The molecule has 1 aliphatic rings. The molecule has 49 heavy (non-hydrogen) atoms. The van der Waals surface area contributed by atoms with E-state index >= 15 is 0 Å². The van der Waals surface area contributed by atoms with Crippen molar-refractivity contribution in [1.82, 2.24) is 0 Å². The third-order valence-corrected chi connectivity index (χ3v) is 7.85. The predicted octanol–water partition coefficient (Wildman–Crippen LogP) is 9.21. The monoisotopic (exact) mass is 704 g/mol. The molecular weight excluding hydrogens is 684 g/mol. The van der Waals surface area contributed by atoms with Crippen molar-refractivity contribution in [2.45, 2.75) is 24.2 Å². The lowest BCUT2D eigenvalue weighted by Crippen LogP contribution is -2.44. The van der Waals surface area contributed by atoms with Crippen LogP contribution in [0, 0.1) is 34.9 Å². The summed E-state index contributed by atoms with van der Waals surface area (Å²) in [6, 6.07) is 10.5. The summed E-state index contributed by atoms with van der Waals surface area (Å²) in [6.45, 7) is 0. The predicted molar refractivity (Wildman–Crippen MR) is 158 cm³/mol. The van der Waals surface area contributed by atoms with Gasteiger partial charge in [0.1, 0.15) is 16.8 Å². The minimum atomic E-state index is -4.88. The summed E-state index contributed by atoms with van der Waals surface area (Å²) >= 11 is 0. The summed E-state index contributed by atoms with van der Waals surface area (Å²) in [5, 5.41) is -2.05. The Kier molecular flexibility index (Phi) is 8.45. The number of alkyl halides is 6. The van der Waals surface area contributed by atoms with E-state index in [9.17, 15) is 52.7 Å². The number of halogens is 12. The summed E-state index contributed by atoms with van der Waals surface area (Å²) in [7, 11) is 0. The number of rotatable bonds is 2. The molecule has 258 valence electrons. The Balaban J connectivity index is 0.000000199. The van der Waals surface area contributed by atoms with Gasteiger partial charge in [0.15, 0.2) is 40.3 Å². The van der Waals surface area contributed by atoms with Crippen LogP contribution >= 0.6 is 0 Å². The first kappa shape index (κ1) is 34.8. The summed E-state index contributed by atoms with van der Waals surface area (Å²) in [4.78, 5) is 0. The molecule has 0 radical (unpaired) electrons. The third kappa shape index (κ3) is 5.61. The molecule has 1 atom stereocenters. The molecule has 0 spiro atoms. The zero-order chi connectivity index (χ0) is 36.4. The van der Waals surface area contributed by atoms with Gasteiger partial charge in [-0.2, -0.15) is 30.7 Å². The van der Waals surface area contributed by atoms with Gasteiger partial charge in [-0.3, -0.25) is 0 Å². The van der Waals surface area contributed by atoms with Crippen molar-refractivity contribution in [2.24, 2.45) is 0 Å². The molecule has 8 N–H and O–H groups in total. The first-order chi connectivity index (χ1) is 22.7. The summed E-state index contributed by atoms with van der Waals surface area (Å²) in [5.74, 6) is -10.2. The fourth-order valence-corrected chi connectivity index (χ4v) is 5.51. The highest BCUT2D eigenvalue weighted by molar-refractivity contribution is 6.08. The van der Waals surface area contributed by atoms with E-state index in [1.54, 1.807) is 0 Å². The number of fused-ring (bicyclic) bond motifs is 3. The van der Waals surface area contributed by atoms with Crippen LogP contribution in [0.3, 0.4) is 0 Å². The van der Waals surface area contributed by atoms with E-state index in [1.165, 1.54) is 42.5 Å². The maximum atomic E-state index is 14.5. The van der Waals surface area contributed by atoms with Crippen LogP contribution in [-0.4, -0.2) is 12.4 Å². The molecule has 0 aliphatic heterocycles. The van der Waals surface area contributed by atoms with Crippen LogP contribution in [0.15, 0.2) is 70.7 Å². The van der Waals surface area contributed by atoms with Crippen molar-refractivity contribution >= 4 is 50.3 Å². The molecule has 1 unspecified atom stereocenters. The second-order valence-corrected chi connectivity index (χ2v) is 10.8. The van der Waals surface area contributed by atoms with Gasteiger partial charge in [-0.25, -0.2) is 22.0 Å². The molecule has 6 rings (SSSR count). The minimum absolute atomic E-state index is 0.0328. The molecule has 0 fully saturated rings. The molecule has 0 amide bonds. The van der Waals surface area contributed by atoms with Crippen molar-refractivity contribution in [3.63, 3.8) is 0 Å². The molecule has 0 saturated heterocycles.